The quantitative estimate of drug-likeness (QED) is 0.813. The lowest BCUT2D eigenvalue weighted by molar-refractivity contribution is -0.131. The van der Waals surface area contributed by atoms with Crippen LogP contribution in [-0.4, -0.2) is 28.4 Å². The number of aryl methyl sites for hydroxylation is 1. The number of methoxy groups -OCH3 is 1. The smallest absolute Gasteiger partial charge is 0.328 e. The van der Waals surface area contributed by atoms with Crippen LogP contribution in [0.4, 0.5) is 0 Å². The van der Waals surface area contributed by atoms with E-state index in [1.807, 2.05) is 0 Å². The highest BCUT2D eigenvalue weighted by Crippen LogP contribution is 2.26. The molecule has 7 nitrogen and oxygen atoms in total. The first-order chi connectivity index (χ1) is 10.1. The van der Waals surface area contributed by atoms with Gasteiger partial charge in [-0.3, -0.25) is 0 Å². The van der Waals surface area contributed by atoms with Crippen LogP contribution in [0.3, 0.4) is 0 Å². The van der Waals surface area contributed by atoms with Gasteiger partial charge in [0.05, 0.1) is 7.11 Å². The number of aliphatic carboxylic acids is 1. The van der Waals surface area contributed by atoms with E-state index in [2.05, 4.69) is 10.2 Å². The minimum Gasteiger partial charge on any atom is -0.497 e. The molecule has 0 bridgehead atoms. The van der Waals surface area contributed by atoms with E-state index in [1.165, 1.54) is 13.2 Å². The van der Waals surface area contributed by atoms with Crippen molar-refractivity contribution in [2.45, 2.75) is 13.5 Å². The lowest BCUT2D eigenvalue weighted by Gasteiger charge is -2.09. The molecule has 0 aliphatic carbocycles. The normalized spacial score (nSPS) is 10.8. The fourth-order valence-corrected chi connectivity index (χ4v) is 1.60. The van der Waals surface area contributed by atoms with E-state index in [-0.39, 0.29) is 6.61 Å². The van der Waals surface area contributed by atoms with Crippen LogP contribution < -0.4 is 9.47 Å². The number of hydrogen-bond acceptors (Lipinski definition) is 6. The molecule has 7 heteroatoms. The Labute approximate surface area is 120 Å². The molecule has 0 saturated carbocycles. The van der Waals surface area contributed by atoms with Gasteiger partial charge in [-0.05, 0) is 18.2 Å². The van der Waals surface area contributed by atoms with Crippen molar-refractivity contribution in [3.63, 3.8) is 0 Å². The molecular weight excluding hydrogens is 276 g/mol. The summed E-state index contributed by atoms with van der Waals surface area (Å²) in [5, 5.41) is 16.2. The molecule has 2 rings (SSSR count). The van der Waals surface area contributed by atoms with Gasteiger partial charge in [0, 0.05) is 24.6 Å². The molecule has 0 atom stereocenters. The third kappa shape index (κ3) is 4.07. The summed E-state index contributed by atoms with van der Waals surface area (Å²) in [5.74, 6) is 0.805. The van der Waals surface area contributed by atoms with Gasteiger partial charge in [-0.25, -0.2) is 4.79 Å². The highest BCUT2D eigenvalue weighted by molar-refractivity contribution is 5.86. The van der Waals surface area contributed by atoms with Gasteiger partial charge < -0.3 is 19.0 Å². The summed E-state index contributed by atoms with van der Waals surface area (Å²) in [6.45, 7) is 1.77. The standard InChI is InChI=1S/C14H14N2O5/c1-9-15-16-13(21-9)8-20-12-7-11(19-2)5-3-10(12)4-6-14(17)18/h3-7H,8H2,1-2H3,(H,17,18)/b6-4+. The molecule has 2 aromatic rings. The minimum absolute atomic E-state index is 0.0852. The second-order valence-corrected chi connectivity index (χ2v) is 4.08. The van der Waals surface area contributed by atoms with Crippen molar-refractivity contribution in [3.05, 3.63) is 41.6 Å². The van der Waals surface area contributed by atoms with Crippen molar-refractivity contribution >= 4 is 12.0 Å². The Balaban J connectivity index is 2.19. The molecule has 1 aromatic carbocycles. The zero-order valence-corrected chi connectivity index (χ0v) is 11.6. The third-order valence-corrected chi connectivity index (χ3v) is 2.55. The molecule has 0 aliphatic heterocycles. The summed E-state index contributed by atoms with van der Waals surface area (Å²) in [4.78, 5) is 10.6. The predicted molar refractivity (Wildman–Crippen MR) is 73.0 cm³/mol. The first-order valence-corrected chi connectivity index (χ1v) is 6.09. The molecule has 1 N–H and O–H groups in total. The number of benzene rings is 1. The average Bonchev–Trinajstić information content (AvgIpc) is 2.88. The van der Waals surface area contributed by atoms with Crippen LogP contribution in [-0.2, 0) is 11.4 Å². The molecule has 0 amide bonds. The van der Waals surface area contributed by atoms with Gasteiger partial charge in [-0.2, -0.15) is 0 Å². The Hall–Kier alpha value is -2.83. The third-order valence-electron chi connectivity index (χ3n) is 2.55. The van der Waals surface area contributed by atoms with Crippen LogP contribution in [0, 0.1) is 6.92 Å². The number of hydrogen-bond donors (Lipinski definition) is 1. The number of nitrogens with zero attached hydrogens (tertiary/aromatic N) is 2. The van der Waals surface area contributed by atoms with E-state index in [4.69, 9.17) is 19.0 Å². The molecule has 0 saturated heterocycles. The zero-order valence-electron chi connectivity index (χ0n) is 11.6. The van der Waals surface area contributed by atoms with Crippen LogP contribution in [0.25, 0.3) is 6.08 Å². The van der Waals surface area contributed by atoms with E-state index in [0.29, 0.717) is 28.8 Å². The van der Waals surface area contributed by atoms with Gasteiger partial charge in [0.15, 0.2) is 6.61 Å². The molecular formula is C14H14N2O5. The lowest BCUT2D eigenvalue weighted by Crippen LogP contribution is -1.98. The van der Waals surface area contributed by atoms with E-state index in [1.54, 1.807) is 25.1 Å². The Morgan fingerprint density at radius 3 is 2.86 bits per heavy atom. The van der Waals surface area contributed by atoms with Crippen molar-refractivity contribution in [2.24, 2.45) is 0 Å². The van der Waals surface area contributed by atoms with E-state index < -0.39 is 5.97 Å². The number of carbonyl (C=O) groups is 1. The summed E-state index contributed by atoms with van der Waals surface area (Å²) >= 11 is 0. The monoisotopic (exact) mass is 290 g/mol. The summed E-state index contributed by atoms with van der Waals surface area (Å²) in [7, 11) is 1.53. The molecule has 0 fully saturated rings. The largest absolute Gasteiger partial charge is 0.497 e. The van der Waals surface area contributed by atoms with Gasteiger partial charge in [-0.1, -0.05) is 0 Å². The molecule has 1 aromatic heterocycles. The second kappa shape index (κ2) is 6.56. The summed E-state index contributed by atoms with van der Waals surface area (Å²) in [6, 6.07) is 5.07. The SMILES string of the molecule is COc1ccc(/C=C/C(=O)O)c(OCc2nnc(C)o2)c1. The van der Waals surface area contributed by atoms with Gasteiger partial charge in [0.1, 0.15) is 11.5 Å². The molecule has 0 spiro atoms. The van der Waals surface area contributed by atoms with Crippen LogP contribution >= 0.6 is 0 Å². The van der Waals surface area contributed by atoms with E-state index in [9.17, 15) is 4.79 Å². The minimum atomic E-state index is -1.04. The van der Waals surface area contributed by atoms with Crippen molar-refractivity contribution in [3.8, 4) is 11.5 Å². The van der Waals surface area contributed by atoms with E-state index >= 15 is 0 Å². The van der Waals surface area contributed by atoms with Crippen LogP contribution in [0.5, 0.6) is 11.5 Å². The van der Waals surface area contributed by atoms with Crippen molar-refractivity contribution in [2.75, 3.05) is 7.11 Å². The number of carboxylic acids is 1. The number of carboxylic acid groups (broad SMARTS) is 1. The number of ether oxygens (including phenoxy) is 2. The van der Waals surface area contributed by atoms with Gasteiger partial charge in [0.2, 0.25) is 5.89 Å². The zero-order chi connectivity index (χ0) is 15.2. The summed E-state index contributed by atoms with van der Waals surface area (Å²) in [6.07, 6.45) is 2.47. The highest BCUT2D eigenvalue weighted by Gasteiger charge is 2.08. The van der Waals surface area contributed by atoms with Gasteiger partial charge in [-0.15, -0.1) is 10.2 Å². The Morgan fingerprint density at radius 1 is 1.43 bits per heavy atom. The maximum atomic E-state index is 10.6. The van der Waals surface area contributed by atoms with Crippen molar-refractivity contribution in [1.29, 1.82) is 0 Å². The van der Waals surface area contributed by atoms with Crippen LogP contribution in [0.15, 0.2) is 28.7 Å². The molecule has 110 valence electrons. The number of rotatable bonds is 6. The first kappa shape index (κ1) is 14.6. The predicted octanol–water partition coefficient (Wildman–Crippen LogP) is 2.06. The Bertz CT molecular complexity index is 663. The maximum Gasteiger partial charge on any atom is 0.328 e. The highest BCUT2D eigenvalue weighted by atomic mass is 16.5. The molecule has 0 radical (unpaired) electrons. The van der Waals surface area contributed by atoms with Gasteiger partial charge >= 0.3 is 5.97 Å². The summed E-state index contributed by atoms with van der Waals surface area (Å²) in [5.41, 5.74) is 0.606. The lowest BCUT2D eigenvalue weighted by atomic mass is 10.1. The topological polar surface area (TPSA) is 94.7 Å². The van der Waals surface area contributed by atoms with Crippen molar-refractivity contribution in [1.82, 2.24) is 10.2 Å². The molecule has 0 unspecified atom stereocenters. The molecule has 0 aliphatic rings. The van der Waals surface area contributed by atoms with Crippen LogP contribution in [0.2, 0.25) is 0 Å². The molecule has 21 heavy (non-hydrogen) atoms. The maximum absolute atomic E-state index is 10.6. The Morgan fingerprint density at radius 2 is 2.24 bits per heavy atom. The van der Waals surface area contributed by atoms with Crippen LogP contribution in [0.1, 0.15) is 17.3 Å². The second-order valence-electron chi connectivity index (χ2n) is 4.08. The first-order valence-electron chi connectivity index (χ1n) is 6.09. The Kier molecular flexibility index (Phi) is 4.55. The van der Waals surface area contributed by atoms with E-state index in [0.717, 1.165) is 6.08 Å². The molecule has 1 heterocycles. The summed E-state index contributed by atoms with van der Waals surface area (Å²) < 4.78 is 15.9. The fourth-order valence-electron chi connectivity index (χ4n) is 1.60. The number of aromatic nitrogens is 2. The van der Waals surface area contributed by atoms with Gasteiger partial charge in [0.25, 0.3) is 5.89 Å². The van der Waals surface area contributed by atoms with Crippen molar-refractivity contribution < 1.29 is 23.8 Å². The average molecular weight is 290 g/mol. The fraction of sp³-hybridized carbons (Fsp3) is 0.214.